The Bertz CT molecular complexity index is 2160. The van der Waals surface area contributed by atoms with Gasteiger partial charge in [0.15, 0.2) is 0 Å². The summed E-state index contributed by atoms with van der Waals surface area (Å²) >= 11 is 14.9. The Morgan fingerprint density at radius 3 is 1.71 bits per heavy atom. The number of carbonyl (C=O) groups excluding carboxylic acids is 4. The van der Waals surface area contributed by atoms with Crippen LogP contribution in [0.15, 0.2) is 73.1 Å². The van der Waals surface area contributed by atoms with Crippen molar-refractivity contribution in [3.05, 3.63) is 117 Å². The molecule has 19 heteroatoms. The van der Waals surface area contributed by atoms with Crippen molar-refractivity contribution in [1.29, 1.82) is 0 Å². The van der Waals surface area contributed by atoms with Crippen molar-refractivity contribution in [1.82, 2.24) is 29.6 Å². The molecule has 0 spiro atoms. The molecular weight excluding hydrogens is 925 g/mol. The van der Waals surface area contributed by atoms with Gasteiger partial charge in [0, 0.05) is 67.4 Å². The van der Waals surface area contributed by atoms with Crippen molar-refractivity contribution in [3.63, 3.8) is 0 Å². The average Bonchev–Trinajstić information content (AvgIpc) is 3.98. The summed E-state index contributed by atoms with van der Waals surface area (Å²) < 4.78 is 36.5. The maximum absolute atomic E-state index is 13.7. The van der Waals surface area contributed by atoms with Crippen LogP contribution in [-0.2, 0) is 21.3 Å². The zero-order valence-corrected chi connectivity index (χ0v) is 39.2. The molecule has 2 saturated heterocycles. The number of carbonyl (C=O) groups is 4. The van der Waals surface area contributed by atoms with Gasteiger partial charge in [-0.25, -0.2) is 28.0 Å². The van der Waals surface area contributed by atoms with Crippen LogP contribution in [0.3, 0.4) is 0 Å². The number of nitrogens with zero attached hydrogens (tertiary/aromatic N) is 7. The highest BCUT2D eigenvalue weighted by Gasteiger charge is 2.32. The molecule has 6 rings (SSSR count). The molecule has 0 bridgehead atoms. The van der Waals surface area contributed by atoms with Crippen LogP contribution in [0.25, 0.3) is 0 Å². The summed E-state index contributed by atoms with van der Waals surface area (Å²) in [7, 11) is 7.99. The molecule has 0 aliphatic carbocycles. The molecule has 2 aromatic carbocycles. The van der Waals surface area contributed by atoms with E-state index in [9.17, 15) is 28.0 Å². The van der Waals surface area contributed by atoms with Crippen LogP contribution >= 0.6 is 39.1 Å². The van der Waals surface area contributed by atoms with Crippen LogP contribution in [0.2, 0.25) is 10.0 Å². The molecule has 4 aromatic rings. The van der Waals surface area contributed by atoms with E-state index in [2.05, 4.69) is 41.0 Å². The third-order valence-electron chi connectivity index (χ3n) is 10.1. The van der Waals surface area contributed by atoms with Crippen molar-refractivity contribution >= 4 is 74.5 Å². The van der Waals surface area contributed by atoms with Gasteiger partial charge in [-0.2, -0.15) is 0 Å². The summed E-state index contributed by atoms with van der Waals surface area (Å²) in [5, 5.41) is 3.36. The summed E-state index contributed by atoms with van der Waals surface area (Å²) in [5.41, 5.74) is 3.28. The van der Waals surface area contributed by atoms with Crippen LogP contribution in [0.4, 0.5) is 29.7 Å². The third-order valence-corrected chi connectivity index (χ3v) is 11.2. The van der Waals surface area contributed by atoms with E-state index >= 15 is 0 Å². The molecular formula is C44H53BrCl2F2N8O6. The lowest BCUT2D eigenvalue weighted by Gasteiger charge is -2.29. The molecule has 14 nitrogen and oxygen atoms in total. The maximum atomic E-state index is 13.7. The number of pyridine rings is 2. The lowest BCUT2D eigenvalue weighted by atomic mass is 10.2. The van der Waals surface area contributed by atoms with E-state index in [4.69, 9.17) is 32.7 Å². The first-order valence-electron chi connectivity index (χ1n) is 20.2. The zero-order valence-electron chi connectivity index (χ0n) is 36.1. The van der Waals surface area contributed by atoms with Crippen molar-refractivity contribution in [3.8, 4) is 0 Å². The minimum atomic E-state index is -0.552. The summed E-state index contributed by atoms with van der Waals surface area (Å²) in [4.78, 5) is 66.1. The average molecular weight is 979 g/mol. The highest BCUT2D eigenvalue weighted by atomic mass is 79.9. The standard InChI is InChI=1S/C22H26ClFN4O3.C13H17ClFN3O.C9H10BrNO2/c1-4-31-21(29)15-5-6-16(25-12-15)13-28(17-7-8-20(24)19(23)11-17)22(30)27-10-9-18(14-27)26(2)3;1-17(2)10-5-6-18(8-10)13(19)16-9-3-4-12(15)11(14)7-9;1-2-13-9(12)7-3-4-8(5-10)11-6-7/h5-8,11-12,18H,4,9-10,13-14H2,1-3H3;3-4,7,10H,5-6,8H2,1-2H3,(H,16,19);3-4,6H,2,5H2,1H3/t18-;10-;/m00./s1. The molecule has 2 aliphatic rings. The van der Waals surface area contributed by atoms with E-state index in [1.807, 2.05) is 28.2 Å². The summed E-state index contributed by atoms with van der Waals surface area (Å²) in [6, 6.07) is 15.4. The number of alkyl halides is 1. The van der Waals surface area contributed by atoms with Gasteiger partial charge in [-0.1, -0.05) is 39.1 Å². The van der Waals surface area contributed by atoms with Crippen LogP contribution in [-0.4, -0.2) is 133 Å². The SMILES string of the molecule is CCOC(=O)c1ccc(CBr)nc1.CCOC(=O)c1ccc(CN(C(=O)N2CC[C@H](N(C)C)C2)c2ccc(F)c(Cl)c2)nc1.CN(C)[C@H]1CCN(C(=O)Nc2ccc(F)c(Cl)c2)C1. The Morgan fingerprint density at radius 1 is 0.746 bits per heavy atom. The van der Waals surface area contributed by atoms with E-state index in [0.717, 1.165) is 25.1 Å². The van der Waals surface area contributed by atoms with Gasteiger partial charge >= 0.3 is 24.0 Å². The highest BCUT2D eigenvalue weighted by Crippen LogP contribution is 2.27. The Hall–Kier alpha value is -4.94. The predicted octanol–water partition coefficient (Wildman–Crippen LogP) is 8.61. The fraction of sp³-hybridized carbons (Fsp3) is 0.409. The number of nitrogens with one attached hydrogen (secondary N) is 1. The highest BCUT2D eigenvalue weighted by molar-refractivity contribution is 9.08. The second kappa shape index (κ2) is 24.8. The van der Waals surface area contributed by atoms with Gasteiger partial charge in [0.25, 0.3) is 0 Å². The normalized spacial score (nSPS) is 15.6. The van der Waals surface area contributed by atoms with Crippen LogP contribution < -0.4 is 10.2 Å². The minimum Gasteiger partial charge on any atom is -0.462 e. The molecule has 2 fully saturated rings. The fourth-order valence-electron chi connectivity index (χ4n) is 6.41. The molecule has 4 amide bonds. The molecule has 2 aromatic heterocycles. The third kappa shape index (κ3) is 15.1. The van der Waals surface area contributed by atoms with Gasteiger partial charge < -0.3 is 34.4 Å². The number of hydrogen-bond acceptors (Lipinski definition) is 10. The number of aromatic nitrogens is 2. The van der Waals surface area contributed by atoms with Crippen LogP contribution in [0.1, 0.15) is 58.8 Å². The molecule has 0 radical (unpaired) electrons. The molecule has 1 N–H and O–H groups in total. The lowest BCUT2D eigenvalue weighted by molar-refractivity contribution is 0.0516. The molecule has 63 heavy (non-hydrogen) atoms. The van der Waals surface area contributed by atoms with E-state index < -0.39 is 17.6 Å². The number of urea groups is 2. The number of benzene rings is 2. The number of esters is 2. The van der Waals surface area contributed by atoms with E-state index in [-0.39, 0.29) is 47.3 Å². The first kappa shape index (κ1) is 50.7. The monoisotopic (exact) mass is 976 g/mol. The second-order valence-electron chi connectivity index (χ2n) is 14.9. The first-order valence-corrected chi connectivity index (χ1v) is 22.1. The number of amides is 4. The van der Waals surface area contributed by atoms with Crippen molar-refractivity contribution in [2.75, 3.05) is 77.8 Å². The van der Waals surface area contributed by atoms with Crippen LogP contribution in [0, 0.1) is 11.6 Å². The topological polar surface area (TPSA) is 141 Å². The van der Waals surface area contributed by atoms with Gasteiger partial charge in [-0.3, -0.25) is 14.9 Å². The number of likely N-dealkylation sites (N-methyl/N-ethyl adjacent to an activating group) is 2. The Morgan fingerprint density at radius 2 is 1.25 bits per heavy atom. The predicted molar refractivity (Wildman–Crippen MR) is 244 cm³/mol. The lowest BCUT2D eigenvalue weighted by Crippen LogP contribution is -2.43. The van der Waals surface area contributed by atoms with Crippen molar-refractivity contribution in [2.45, 2.75) is 50.6 Å². The molecule has 4 heterocycles. The number of halogens is 5. The van der Waals surface area contributed by atoms with Crippen molar-refractivity contribution < 1.29 is 37.4 Å². The van der Waals surface area contributed by atoms with Crippen LogP contribution in [0.5, 0.6) is 0 Å². The Labute approximate surface area is 385 Å². The fourth-order valence-corrected chi connectivity index (χ4v) is 7.10. The number of ether oxygens (including phenoxy) is 2. The van der Waals surface area contributed by atoms with Gasteiger partial charge in [0.1, 0.15) is 11.6 Å². The maximum Gasteiger partial charge on any atom is 0.339 e. The summed E-state index contributed by atoms with van der Waals surface area (Å²) in [6.45, 7) is 6.98. The van der Waals surface area contributed by atoms with Gasteiger partial charge in [-0.05, 0) is 116 Å². The molecule has 2 atom stereocenters. The van der Waals surface area contributed by atoms with Gasteiger partial charge in [0.2, 0.25) is 0 Å². The smallest absolute Gasteiger partial charge is 0.339 e. The molecule has 340 valence electrons. The van der Waals surface area contributed by atoms with Crippen molar-refractivity contribution in [2.24, 2.45) is 0 Å². The number of likely N-dealkylation sites (tertiary alicyclic amines) is 2. The number of anilines is 2. The number of rotatable bonds is 11. The van der Waals surface area contributed by atoms with E-state index in [1.165, 1.54) is 53.7 Å². The largest absolute Gasteiger partial charge is 0.462 e. The summed E-state index contributed by atoms with van der Waals surface area (Å²) in [6.07, 6.45) is 4.79. The number of hydrogen-bond donors (Lipinski definition) is 1. The second-order valence-corrected chi connectivity index (χ2v) is 16.3. The molecule has 0 saturated carbocycles. The van der Waals surface area contributed by atoms with Gasteiger partial charge in [-0.15, -0.1) is 0 Å². The Balaban J connectivity index is 0.000000230. The summed E-state index contributed by atoms with van der Waals surface area (Å²) in [5.74, 6) is -1.82. The zero-order chi connectivity index (χ0) is 46.2. The van der Waals surface area contributed by atoms with E-state index in [1.54, 1.807) is 47.9 Å². The molecule has 0 unspecified atom stereocenters. The minimum absolute atomic E-state index is 0.00499. The van der Waals surface area contributed by atoms with E-state index in [0.29, 0.717) is 65.8 Å². The Kier molecular flexibility index (Phi) is 19.9. The quantitative estimate of drug-likeness (QED) is 0.115. The first-order chi connectivity index (χ1) is 30.0. The van der Waals surface area contributed by atoms with Gasteiger partial charge in [0.05, 0.1) is 52.3 Å². The molecule has 2 aliphatic heterocycles.